The number of carbonyl (C=O) groups is 1. The molecule has 0 radical (unpaired) electrons. The Labute approximate surface area is 156 Å². The molecule has 1 spiro atoms. The molecule has 142 valence electrons. The first-order chi connectivity index (χ1) is 12.5. The van der Waals surface area contributed by atoms with Crippen LogP contribution in [0.2, 0.25) is 0 Å². The molecule has 6 heteroatoms. The zero-order valence-corrected chi connectivity index (χ0v) is 16.1. The number of likely N-dealkylation sites (tertiary alicyclic amines) is 2. The van der Waals surface area contributed by atoms with Crippen LogP contribution in [0.5, 0.6) is 0 Å². The highest BCUT2D eigenvalue weighted by atomic mass is 32.2. The van der Waals surface area contributed by atoms with Gasteiger partial charge in [-0.15, -0.1) is 0 Å². The molecule has 1 saturated carbocycles. The molecule has 2 saturated heterocycles. The summed E-state index contributed by atoms with van der Waals surface area (Å²) in [7, 11) is -3.26. The number of carbonyl (C=O) groups excluding carboxylic acids is 1. The van der Waals surface area contributed by atoms with E-state index < -0.39 is 9.84 Å². The van der Waals surface area contributed by atoms with Crippen LogP contribution >= 0.6 is 0 Å². The molecular weight excluding hydrogens is 348 g/mol. The third-order valence-electron chi connectivity index (χ3n) is 6.21. The third kappa shape index (κ3) is 3.67. The standard InChI is InChI=1S/C20H28N2O3S/c23-19-20(9-4-11-22(19)15-17-7-8-17)10-12-21(16-20)13-14-26(24,25)18-5-2-1-3-6-18/h1-3,5-6,17H,4,7-16H2. The summed E-state index contributed by atoms with van der Waals surface area (Å²) in [5.41, 5.74) is -0.260. The second-order valence-electron chi connectivity index (χ2n) is 8.24. The van der Waals surface area contributed by atoms with E-state index in [-0.39, 0.29) is 11.2 Å². The lowest BCUT2D eigenvalue weighted by Gasteiger charge is -2.39. The van der Waals surface area contributed by atoms with Gasteiger partial charge in [0.2, 0.25) is 5.91 Å². The van der Waals surface area contributed by atoms with E-state index in [9.17, 15) is 13.2 Å². The molecule has 0 N–H and O–H groups in total. The van der Waals surface area contributed by atoms with E-state index in [2.05, 4.69) is 9.80 Å². The molecule has 1 unspecified atom stereocenters. The van der Waals surface area contributed by atoms with Crippen molar-refractivity contribution in [2.24, 2.45) is 11.3 Å². The molecule has 5 nitrogen and oxygen atoms in total. The molecule has 26 heavy (non-hydrogen) atoms. The van der Waals surface area contributed by atoms with Crippen LogP contribution in [0, 0.1) is 11.3 Å². The Balaban J connectivity index is 1.36. The molecule has 1 atom stereocenters. The van der Waals surface area contributed by atoms with Crippen molar-refractivity contribution >= 4 is 15.7 Å². The highest BCUT2D eigenvalue weighted by Crippen LogP contribution is 2.41. The summed E-state index contributed by atoms with van der Waals surface area (Å²) in [6, 6.07) is 8.65. The third-order valence-corrected chi connectivity index (χ3v) is 7.92. The predicted octanol–water partition coefficient (Wildman–Crippen LogP) is 2.18. The summed E-state index contributed by atoms with van der Waals surface area (Å²) in [5, 5.41) is 0. The average Bonchev–Trinajstić information content (AvgIpc) is 3.37. The number of hydrogen-bond donors (Lipinski definition) is 0. The van der Waals surface area contributed by atoms with Gasteiger partial charge in [-0.3, -0.25) is 4.79 Å². The van der Waals surface area contributed by atoms with E-state index in [0.717, 1.165) is 51.4 Å². The minimum absolute atomic E-state index is 0.118. The van der Waals surface area contributed by atoms with Gasteiger partial charge in [0, 0.05) is 26.2 Å². The van der Waals surface area contributed by atoms with Crippen molar-refractivity contribution in [2.75, 3.05) is 38.5 Å². The average molecular weight is 377 g/mol. The van der Waals surface area contributed by atoms with Gasteiger partial charge in [0.25, 0.3) is 0 Å². The zero-order valence-electron chi connectivity index (χ0n) is 15.3. The summed E-state index contributed by atoms with van der Waals surface area (Å²) < 4.78 is 25.0. The van der Waals surface area contributed by atoms with Crippen molar-refractivity contribution in [1.29, 1.82) is 0 Å². The summed E-state index contributed by atoms with van der Waals surface area (Å²) in [5.74, 6) is 1.17. The van der Waals surface area contributed by atoms with Crippen LogP contribution in [-0.2, 0) is 14.6 Å². The van der Waals surface area contributed by atoms with E-state index in [4.69, 9.17) is 0 Å². The molecule has 2 heterocycles. The van der Waals surface area contributed by atoms with E-state index in [0.29, 0.717) is 17.3 Å². The number of nitrogens with zero attached hydrogens (tertiary/aromatic N) is 2. The fourth-order valence-electron chi connectivity index (χ4n) is 4.46. The Kier molecular flexibility index (Phi) is 4.82. The minimum atomic E-state index is -3.26. The minimum Gasteiger partial charge on any atom is -0.342 e. The monoisotopic (exact) mass is 376 g/mol. The van der Waals surface area contributed by atoms with E-state index in [1.165, 1.54) is 12.8 Å². The molecule has 3 aliphatic rings. The van der Waals surface area contributed by atoms with Gasteiger partial charge >= 0.3 is 0 Å². The maximum absolute atomic E-state index is 13.1. The summed E-state index contributed by atoms with van der Waals surface area (Å²) in [6.45, 7) is 3.89. The lowest BCUT2D eigenvalue weighted by atomic mass is 9.78. The number of hydrogen-bond acceptors (Lipinski definition) is 4. The van der Waals surface area contributed by atoms with Gasteiger partial charge in [-0.1, -0.05) is 18.2 Å². The van der Waals surface area contributed by atoms with Gasteiger partial charge in [0.05, 0.1) is 16.1 Å². The number of rotatable bonds is 6. The molecular formula is C20H28N2O3S. The van der Waals surface area contributed by atoms with Crippen molar-refractivity contribution in [3.05, 3.63) is 30.3 Å². The van der Waals surface area contributed by atoms with Crippen molar-refractivity contribution in [3.8, 4) is 0 Å². The number of amides is 1. The Morgan fingerprint density at radius 1 is 1.08 bits per heavy atom. The van der Waals surface area contributed by atoms with Crippen LogP contribution in [0.1, 0.15) is 32.1 Å². The Morgan fingerprint density at radius 3 is 2.58 bits per heavy atom. The van der Waals surface area contributed by atoms with Crippen LogP contribution in [0.25, 0.3) is 0 Å². The molecule has 3 fully saturated rings. The maximum atomic E-state index is 13.1. The topological polar surface area (TPSA) is 57.7 Å². The molecule has 2 aliphatic heterocycles. The van der Waals surface area contributed by atoms with E-state index in [1.807, 2.05) is 6.07 Å². The number of benzene rings is 1. The van der Waals surface area contributed by atoms with Crippen LogP contribution in [0.4, 0.5) is 0 Å². The van der Waals surface area contributed by atoms with Gasteiger partial charge in [-0.05, 0) is 56.7 Å². The predicted molar refractivity (Wildman–Crippen MR) is 101 cm³/mol. The maximum Gasteiger partial charge on any atom is 0.230 e. The second kappa shape index (κ2) is 6.97. The molecule has 0 bridgehead atoms. The normalized spacial score (nSPS) is 27.4. The van der Waals surface area contributed by atoms with Crippen LogP contribution in [0.3, 0.4) is 0 Å². The Bertz CT molecular complexity index is 761. The Hall–Kier alpha value is -1.40. The molecule has 1 aromatic carbocycles. The van der Waals surface area contributed by atoms with Crippen molar-refractivity contribution in [2.45, 2.75) is 37.0 Å². The zero-order chi connectivity index (χ0) is 18.2. The van der Waals surface area contributed by atoms with Gasteiger partial charge in [0.1, 0.15) is 0 Å². The number of piperidine rings is 1. The van der Waals surface area contributed by atoms with E-state index >= 15 is 0 Å². The first-order valence-corrected chi connectivity index (χ1v) is 11.4. The van der Waals surface area contributed by atoms with Crippen LogP contribution < -0.4 is 0 Å². The summed E-state index contributed by atoms with van der Waals surface area (Å²) >= 11 is 0. The van der Waals surface area contributed by atoms with Gasteiger partial charge < -0.3 is 9.80 Å². The van der Waals surface area contributed by atoms with Gasteiger partial charge in [-0.25, -0.2) is 8.42 Å². The lowest BCUT2D eigenvalue weighted by Crippen LogP contribution is -2.50. The lowest BCUT2D eigenvalue weighted by molar-refractivity contribution is -0.145. The molecule has 1 amide bonds. The van der Waals surface area contributed by atoms with Crippen LogP contribution in [-0.4, -0.2) is 62.6 Å². The highest BCUT2D eigenvalue weighted by Gasteiger charge is 2.48. The molecule has 1 aliphatic carbocycles. The smallest absolute Gasteiger partial charge is 0.230 e. The largest absolute Gasteiger partial charge is 0.342 e. The number of sulfone groups is 1. The first kappa shape index (κ1) is 18.0. The second-order valence-corrected chi connectivity index (χ2v) is 10.3. The van der Waals surface area contributed by atoms with Crippen LogP contribution in [0.15, 0.2) is 35.2 Å². The highest BCUT2D eigenvalue weighted by molar-refractivity contribution is 7.91. The first-order valence-electron chi connectivity index (χ1n) is 9.78. The molecule has 0 aromatic heterocycles. The molecule has 4 rings (SSSR count). The van der Waals surface area contributed by atoms with Crippen molar-refractivity contribution in [3.63, 3.8) is 0 Å². The van der Waals surface area contributed by atoms with E-state index in [1.54, 1.807) is 24.3 Å². The fourth-order valence-corrected chi connectivity index (χ4v) is 5.77. The Morgan fingerprint density at radius 2 is 1.85 bits per heavy atom. The fraction of sp³-hybridized carbons (Fsp3) is 0.650. The van der Waals surface area contributed by atoms with Gasteiger partial charge in [0.15, 0.2) is 9.84 Å². The molecule has 1 aromatic rings. The summed E-state index contributed by atoms with van der Waals surface area (Å²) in [6.07, 6.45) is 5.43. The van der Waals surface area contributed by atoms with Gasteiger partial charge in [-0.2, -0.15) is 0 Å². The van der Waals surface area contributed by atoms with Crippen molar-refractivity contribution in [1.82, 2.24) is 9.80 Å². The SMILES string of the molecule is O=C1N(CC2CC2)CCCC12CCN(CCS(=O)(=O)c1ccccc1)C2. The summed E-state index contributed by atoms with van der Waals surface area (Å²) in [4.78, 5) is 17.7. The van der Waals surface area contributed by atoms with Crippen molar-refractivity contribution < 1.29 is 13.2 Å². The quantitative estimate of drug-likeness (QED) is 0.764.